The summed E-state index contributed by atoms with van der Waals surface area (Å²) >= 11 is 0. The molecule has 0 aromatic heterocycles. The summed E-state index contributed by atoms with van der Waals surface area (Å²) in [6.45, 7) is 5.84. The third-order valence-electron chi connectivity index (χ3n) is 4.55. The Morgan fingerprint density at radius 2 is 2.00 bits per heavy atom. The van der Waals surface area contributed by atoms with Crippen molar-refractivity contribution in [2.24, 2.45) is 5.92 Å². The highest BCUT2D eigenvalue weighted by atomic mass is 16.5. The lowest BCUT2D eigenvalue weighted by Crippen LogP contribution is -2.44. The van der Waals surface area contributed by atoms with E-state index in [1.807, 2.05) is 0 Å². The zero-order valence-corrected chi connectivity index (χ0v) is 12.0. The number of methoxy groups -OCH3 is 1. The Morgan fingerprint density at radius 1 is 1.17 bits per heavy atom. The maximum Gasteiger partial charge on any atom is 0.0474 e. The lowest BCUT2D eigenvalue weighted by molar-refractivity contribution is 0.161. The molecule has 0 spiro atoms. The summed E-state index contributed by atoms with van der Waals surface area (Å²) in [6.07, 6.45) is 9.73. The zero-order valence-electron chi connectivity index (χ0n) is 12.0. The van der Waals surface area contributed by atoms with Crippen LogP contribution in [0.25, 0.3) is 0 Å². The molecule has 0 aromatic carbocycles. The summed E-state index contributed by atoms with van der Waals surface area (Å²) in [6, 6.07) is 0.746. The van der Waals surface area contributed by atoms with Crippen molar-refractivity contribution in [3.8, 4) is 0 Å². The normalized spacial score (nSPS) is 28.2. The van der Waals surface area contributed by atoms with Gasteiger partial charge in [0.25, 0.3) is 0 Å². The molecule has 1 heterocycles. The first-order valence-electron chi connectivity index (χ1n) is 7.85. The van der Waals surface area contributed by atoms with Gasteiger partial charge in [0, 0.05) is 32.8 Å². The molecule has 18 heavy (non-hydrogen) atoms. The first-order valence-corrected chi connectivity index (χ1v) is 7.85. The highest BCUT2D eigenvalue weighted by Gasteiger charge is 2.26. The Kier molecular flexibility index (Phi) is 6.46. The third-order valence-corrected chi connectivity index (χ3v) is 4.55. The number of hydrogen-bond acceptors (Lipinski definition) is 3. The van der Waals surface area contributed by atoms with Gasteiger partial charge < -0.3 is 15.0 Å². The zero-order chi connectivity index (χ0) is 12.6. The second kappa shape index (κ2) is 8.13. The van der Waals surface area contributed by atoms with Gasteiger partial charge >= 0.3 is 0 Å². The molecule has 2 fully saturated rings. The van der Waals surface area contributed by atoms with E-state index in [-0.39, 0.29) is 0 Å². The fourth-order valence-electron chi connectivity index (χ4n) is 3.51. The molecule has 0 aromatic rings. The number of rotatable bonds is 5. The van der Waals surface area contributed by atoms with Gasteiger partial charge in [-0.2, -0.15) is 0 Å². The van der Waals surface area contributed by atoms with Crippen LogP contribution < -0.4 is 5.32 Å². The van der Waals surface area contributed by atoms with Crippen molar-refractivity contribution in [1.29, 1.82) is 0 Å². The van der Waals surface area contributed by atoms with Crippen LogP contribution in [-0.2, 0) is 4.74 Å². The standard InChI is InChI=1S/C15H30N2O/c1-18-12-6-11-17-10-5-9-16-15(13-17)14-7-3-2-4-8-14/h14-16H,2-13H2,1H3. The van der Waals surface area contributed by atoms with Gasteiger partial charge in [0.2, 0.25) is 0 Å². The molecule has 0 bridgehead atoms. The predicted octanol–water partition coefficient (Wildman–Crippen LogP) is 2.27. The number of nitrogens with zero attached hydrogens (tertiary/aromatic N) is 1. The molecule has 3 heteroatoms. The largest absolute Gasteiger partial charge is 0.385 e. The smallest absolute Gasteiger partial charge is 0.0474 e. The Bertz CT molecular complexity index is 217. The van der Waals surface area contributed by atoms with Gasteiger partial charge in [-0.05, 0) is 44.7 Å². The molecule has 0 amide bonds. The van der Waals surface area contributed by atoms with E-state index in [4.69, 9.17) is 4.74 Å². The van der Waals surface area contributed by atoms with Crippen LogP contribution in [0.15, 0.2) is 0 Å². The van der Waals surface area contributed by atoms with Crippen molar-refractivity contribution in [1.82, 2.24) is 10.2 Å². The average molecular weight is 254 g/mol. The Balaban J connectivity index is 1.78. The van der Waals surface area contributed by atoms with Crippen LogP contribution in [0, 0.1) is 5.92 Å². The van der Waals surface area contributed by atoms with E-state index < -0.39 is 0 Å². The van der Waals surface area contributed by atoms with Crippen LogP contribution in [0.2, 0.25) is 0 Å². The van der Waals surface area contributed by atoms with E-state index in [0.717, 1.165) is 18.6 Å². The van der Waals surface area contributed by atoms with E-state index in [1.54, 1.807) is 7.11 Å². The van der Waals surface area contributed by atoms with Crippen LogP contribution in [0.1, 0.15) is 44.9 Å². The Labute approximate surface area is 112 Å². The molecule has 2 aliphatic rings. The van der Waals surface area contributed by atoms with Crippen molar-refractivity contribution < 1.29 is 4.74 Å². The van der Waals surface area contributed by atoms with Gasteiger partial charge in [-0.15, -0.1) is 0 Å². The van der Waals surface area contributed by atoms with Crippen LogP contribution in [0.5, 0.6) is 0 Å². The fourth-order valence-corrected chi connectivity index (χ4v) is 3.51. The molecule has 0 radical (unpaired) electrons. The summed E-state index contributed by atoms with van der Waals surface area (Å²) in [5, 5.41) is 3.80. The Hall–Kier alpha value is -0.120. The molecule has 2 rings (SSSR count). The summed E-state index contributed by atoms with van der Waals surface area (Å²) in [5.41, 5.74) is 0. The number of nitrogens with one attached hydrogen (secondary N) is 1. The molecule has 1 saturated carbocycles. The fraction of sp³-hybridized carbons (Fsp3) is 1.00. The summed E-state index contributed by atoms with van der Waals surface area (Å²) < 4.78 is 5.17. The first kappa shape index (κ1) is 14.3. The van der Waals surface area contributed by atoms with Crippen molar-refractivity contribution >= 4 is 0 Å². The highest BCUT2D eigenvalue weighted by Crippen LogP contribution is 2.27. The molecule has 106 valence electrons. The van der Waals surface area contributed by atoms with E-state index >= 15 is 0 Å². The minimum atomic E-state index is 0.746. The van der Waals surface area contributed by atoms with Crippen molar-refractivity contribution in [3.63, 3.8) is 0 Å². The van der Waals surface area contributed by atoms with E-state index in [1.165, 1.54) is 71.1 Å². The molecule has 1 N–H and O–H groups in total. The summed E-state index contributed by atoms with van der Waals surface area (Å²) in [4.78, 5) is 2.65. The second-order valence-corrected chi connectivity index (χ2v) is 5.96. The predicted molar refractivity (Wildman–Crippen MR) is 75.9 cm³/mol. The van der Waals surface area contributed by atoms with Gasteiger partial charge in [-0.1, -0.05) is 19.3 Å². The lowest BCUT2D eigenvalue weighted by atomic mass is 9.83. The lowest BCUT2D eigenvalue weighted by Gasteiger charge is -2.32. The van der Waals surface area contributed by atoms with Crippen molar-refractivity contribution in [2.45, 2.75) is 51.0 Å². The van der Waals surface area contributed by atoms with Gasteiger partial charge in [0.05, 0.1) is 0 Å². The van der Waals surface area contributed by atoms with Crippen LogP contribution >= 0.6 is 0 Å². The molecule has 1 atom stereocenters. The second-order valence-electron chi connectivity index (χ2n) is 5.96. The maximum absolute atomic E-state index is 5.17. The van der Waals surface area contributed by atoms with Gasteiger partial charge in [-0.25, -0.2) is 0 Å². The minimum absolute atomic E-state index is 0.746. The minimum Gasteiger partial charge on any atom is -0.385 e. The summed E-state index contributed by atoms with van der Waals surface area (Å²) in [7, 11) is 1.80. The van der Waals surface area contributed by atoms with E-state index in [2.05, 4.69) is 10.2 Å². The number of hydrogen-bond donors (Lipinski definition) is 1. The molecule has 3 nitrogen and oxygen atoms in total. The third kappa shape index (κ3) is 4.52. The van der Waals surface area contributed by atoms with Crippen molar-refractivity contribution in [2.75, 3.05) is 39.9 Å². The van der Waals surface area contributed by atoms with E-state index in [9.17, 15) is 0 Å². The highest BCUT2D eigenvalue weighted by molar-refractivity contribution is 4.84. The quantitative estimate of drug-likeness (QED) is 0.762. The molecule has 1 unspecified atom stereocenters. The van der Waals surface area contributed by atoms with Crippen LogP contribution in [0.3, 0.4) is 0 Å². The van der Waals surface area contributed by atoms with E-state index in [0.29, 0.717) is 0 Å². The molecule has 1 saturated heterocycles. The molecule has 1 aliphatic heterocycles. The SMILES string of the molecule is COCCCN1CCCNC(C2CCCCC2)C1. The monoisotopic (exact) mass is 254 g/mol. The van der Waals surface area contributed by atoms with Gasteiger partial charge in [-0.3, -0.25) is 0 Å². The topological polar surface area (TPSA) is 24.5 Å². The molecular formula is C15H30N2O. The Morgan fingerprint density at radius 3 is 2.78 bits per heavy atom. The maximum atomic E-state index is 5.17. The number of ether oxygens (including phenoxy) is 1. The van der Waals surface area contributed by atoms with Crippen molar-refractivity contribution in [3.05, 3.63) is 0 Å². The summed E-state index contributed by atoms with van der Waals surface area (Å²) in [5.74, 6) is 0.932. The van der Waals surface area contributed by atoms with Gasteiger partial charge in [0.1, 0.15) is 0 Å². The van der Waals surface area contributed by atoms with Crippen LogP contribution in [-0.4, -0.2) is 50.8 Å². The van der Waals surface area contributed by atoms with Gasteiger partial charge in [0.15, 0.2) is 0 Å². The van der Waals surface area contributed by atoms with Crippen LogP contribution in [0.4, 0.5) is 0 Å². The molecule has 1 aliphatic carbocycles. The molecular weight excluding hydrogens is 224 g/mol. The average Bonchev–Trinajstić information content (AvgIpc) is 2.66. The first-order chi connectivity index (χ1) is 8.90.